The molecule has 2 aromatic heterocycles. The van der Waals surface area contributed by atoms with Crippen LogP contribution < -0.4 is 5.73 Å². The molecule has 0 amide bonds. The second kappa shape index (κ2) is 5.77. The smallest absolute Gasteiger partial charge is 0.198 e. The zero-order chi connectivity index (χ0) is 17.6. The first-order chi connectivity index (χ1) is 12.0. The third-order valence-electron chi connectivity index (χ3n) is 4.72. The summed E-state index contributed by atoms with van der Waals surface area (Å²) in [5.74, 6) is 1.42. The van der Waals surface area contributed by atoms with Crippen molar-refractivity contribution in [1.82, 2.24) is 15.1 Å². The molecule has 2 aromatic carbocycles. The van der Waals surface area contributed by atoms with Crippen LogP contribution in [0.4, 0.5) is 5.95 Å². The highest BCUT2D eigenvalue weighted by Gasteiger charge is 2.19. The predicted molar refractivity (Wildman–Crippen MR) is 99.4 cm³/mol. The number of aromatic nitrogens is 3. The number of aromatic amines is 1. The molecule has 0 fully saturated rings. The maximum atomic E-state index is 5.93. The Morgan fingerprint density at radius 1 is 1.12 bits per heavy atom. The van der Waals surface area contributed by atoms with Gasteiger partial charge in [0, 0.05) is 11.5 Å². The van der Waals surface area contributed by atoms with E-state index < -0.39 is 0 Å². The fourth-order valence-electron chi connectivity index (χ4n) is 3.45. The fraction of sp³-hybridized carbons (Fsp3) is 0.200. The number of anilines is 1. The van der Waals surface area contributed by atoms with Crippen LogP contribution in [0.3, 0.4) is 0 Å². The molecule has 4 rings (SSSR count). The van der Waals surface area contributed by atoms with Crippen molar-refractivity contribution in [3.63, 3.8) is 0 Å². The van der Waals surface area contributed by atoms with E-state index in [0.29, 0.717) is 5.95 Å². The van der Waals surface area contributed by atoms with Crippen molar-refractivity contribution < 1.29 is 4.52 Å². The molecule has 0 saturated heterocycles. The summed E-state index contributed by atoms with van der Waals surface area (Å²) < 4.78 is 5.35. The Morgan fingerprint density at radius 2 is 1.88 bits per heavy atom. The maximum Gasteiger partial charge on any atom is 0.198 e. The first-order valence-corrected chi connectivity index (χ1v) is 8.32. The van der Waals surface area contributed by atoms with E-state index in [9.17, 15) is 0 Å². The van der Waals surface area contributed by atoms with Gasteiger partial charge in [-0.1, -0.05) is 42.4 Å². The highest BCUT2D eigenvalue weighted by Crippen LogP contribution is 2.36. The molecule has 4 aromatic rings. The van der Waals surface area contributed by atoms with Crippen molar-refractivity contribution >= 4 is 17.0 Å². The number of imidazole rings is 1. The molecule has 0 spiro atoms. The van der Waals surface area contributed by atoms with Crippen LogP contribution in [-0.2, 0) is 0 Å². The van der Waals surface area contributed by atoms with Crippen LogP contribution in [0.15, 0.2) is 47.0 Å². The van der Waals surface area contributed by atoms with Crippen molar-refractivity contribution in [3.05, 3.63) is 65.0 Å². The molecular formula is C20H20N4O. The molecule has 1 atom stereocenters. The second-order valence-corrected chi connectivity index (χ2v) is 6.42. The Morgan fingerprint density at radius 3 is 2.56 bits per heavy atom. The number of nitrogens with zero attached hydrogens (tertiary/aromatic N) is 2. The minimum absolute atomic E-state index is 0.187. The second-order valence-electron chi connectivity index (χ2n) is 6.42. The van der Waals surface area contributed by atoms with Crippen molar-refractivity contribution in [3.8, 4) is 11.1 Å². The Hall–Kier alpha value is -3.08. The molecule has 0 unspecified atom stereocenters. The van der Waals surface area contributed by atoms with E-state index in [1.54, 1.807) is 0 Å². The summed E-state index contributed by atoms with van der Waals surface area (Å²) in [6, 6.07) is 14.6. The van der Waals surface area contributed by atoms with E-state index in [0.717, 1.165) is 39.2 Å². The van der Waals surface area contributed by atoms with Crippen LogP contribution in [0.25, 0.3) is 22.2 Å². The van der Waals surface area contributed by atoms with Crippen molar-refractivity contribution in [2.24, 2.45) is 0 Å². The lowest BCUT2D eigenvalue weighted by atomic mass is 9.89. The molecule has 0 aliphatic rings. The van der Waals surface area contributed by atoms with Gasteiger partial charge in [-0.15, -0.1) is 0 Å². The van der Waals surface area contributed by atoms with E-state index in [1.165, 1.54) is 5.56 Å². The Kier molecular flexibility index (Phi) is 3.57. The number of benzene rings is 2. The summed E-state index contributed by atoms with van der Waals surface area (Å²) in [5, 5.41) is 4.08. The zero-order valence-corrected chi connectivity index (χ0v) is 14.5. The van der Waals surface area contributed by atoms with Gasteiger partial charge >= 0.3 is 0 Å². The van der Waals surface area contributed by atoms with Gasteiger partial charge in [0.25, 0.3) is 0 Å². The van der Waals surface area contributed by atoms with Crippen molar-refractivity contribution in [2.45, 2.75) is 26.7 Å². The van der Waals surface area contributed by atoms with Crippen LogP contribution in [-0.4, -0.2) is 15.1 Å². The molecule has 5 heteroatoms. The molecule has 0 bridgehead atoms. The lowest BCUT2D eigenvalue weighted by Gasteiger charge is -2.15. The third-order valence-corrected chi connectivity index (χ3v) is 4.72. The third kappa shape index (κ3) is 2.58. The Bertz CT molecular complexity index is 1030. The zero-order valence-electron chi connectivity index (χ0n) is 14.5. The van der Waals surface area contributed by atoms with Crippen molar-refractivity contribution in [2.75, 3.05) is 5.73 Å². The number of aryl methyl sites for hydroxylation is 2. The lowest BCUT2D eigenvalue weighted by Crippen LogP contribution is -1.98. The van der Waals surface area contributed by atoms with Gasteiger partial charge in [0.05, 0.1) is 16.7 Å². The van der Waals surface area contributed by atoms with E-state index in [1.807, 2.05) is 19.9 Å². The lowest BCUT2D eigenvalue weighted by molar-refractivity contribution is 0.393. The minimum atomic E-state index is 0.187. The first-order valence-electron chi connectivity index (χ1n) is 8.32. The molecule has 0 radical (unpaired) electrons. The summed E-state index contributed by atoms with van der Waals surface area (Å²) in [6.45, 7) is 6.07. The number of nitrogens with two attached hydrogens (primary N) is 1. The van der Waals surface area contributed by atoms with E-state index >= 15 is 0 Å². The molecule has 0 saturated carbocycles. The number of hydrogen-bond acceptors (Lipinski definition) is 4. The first kappa shape index (κ1) is 15.4. The number of H-pyrrole nitrogens is 1. The molecule has 0 aliphatic carbocycles. The summed E-state index contributed by atoms with van der Waals surface area (Å²) >= 11 is 0. The normalized spacial score (nSPS) is 12.6. The molecule has 3 N–H and O–H groups in total. The van der Waals surface area contributed by atoms with E-state index in [-0.39, 0.29) is 5.92 Å². The molecule has 5 nitrogen and oxygen atoms in total. The number of rotatable bonds is 3. The number of nitrogens with one attached hydrogen (secondary N) is 1. The summed E-state index contributed by atoms with van der Waals surface area (Å²) in [6.07, 6.45) is 0. The van der Waals surface area contributed by atoms with Gasteiger partial charge in [-0.2, -0.15) is 0 Å². The van der Waals surface area contributed by atoms with E-state index in [4.69, 9.17) is 10.3 Å². The van der Waals surface area contributed by atoms with Gasteiger partial charge in [0.1, 0.15) is 5.76 Å². The summed E-state index contributed by atoms with van der Waals surface area (Å²) in [5.41, 5.74) is 13.1. The molecule has 126 valence electrons. The minimum Gasteiger partial charge on any atom is -0.369 e. The monoisotopic (exact) mass is 332 g/mol. The Labute approximate surface area is 145 Å². The summed E-state index contributed by atoms with van der Waals surface area (Å²) in [7, 11) is 0. The SMILES string of the molecule is Cc1noc(C)c1-c1cc([C@H](C)c2ccccc2)c2nc(N)[nH]c2c1. The average molecular weight is 332 g/mol. The fourth-order valence-corrected chi connectivity index (χ4v) is 3.45. The molecular weight excluding hydrogens is 312 g/mol. The molecule has 2 heterocycles. The van der Waals surface area contributed by atoms with Crippen LogP contribution >= 0.6 is 0 Å². The van der Waals surface area contributed by atoms with Crippen LogP contribution in [0.5, 0.6) is 0 Å². The van der Waals surface area contributed by atoms with Crippen LogP contribution in [0, 0.1) is 13.8 Å². The maximum absolute atomic E-state index is 5.93. The average Bonchev–Trinajstić information content (AvgIpc) is 3.15. The number of nitrogen functional groups attached to an aromatic ring is 1. The highest BCUT2D eigenvalue weighted by atomic mass is 16.5. The quantitative estimate of drug-likeness (QED) is 0.576. The molecule has 25 heavy (non-hydrogen) atoms. The van der Waals surface area contributed by atoms with Gasteiger partial charge in [0.2, 0.25) is 0 Å². The largest absolute Gasteiger partial charge is 0.369 e. The van der Waals surface area contributed by atoms with Crippen molar-refractivity contribution in [1.29, 1.82) is 0 Å². The van der Waals surface area contributed by atoms with Gasteiger partial charge in [-0.05, 0) is 42.7 Å². The van der Waals surface area contributed by atoms with E-state index in [2.05, 4.69) is 58.4 Å². The van der Waals surface area contributed by atoms with Gasteiger partial charge in [-0.25, -0.2) is 4.98 Å². The van der Waals surface area contributed by atoms with Gasteiger partial charge < -0.3 is 15.2 Å². The highest BCUT2D eigenvalue weighted by molar-refractivity contribution is 5.88. The van der Waals surface area contributed by atoms with Crippen LogP contribution in [0.2, 0.25) is 0 Å². The summed E-state index contributed by atoms with van der Waals surface area (Å²) in [4.78, 5) is 7.67. The molecule has 0 aliphatic heterocycles. The number of fused-ring (bicyclic) bond motifs is 1. The number of hydrogen-bond donors (Lipinski definition) is 2. The topological polar surface area (TPSA) is 80.7 Å². The Balaban J connectivity index is 1.96. The van der Waals surface area contributed by atoms with Gasteiger partial charge in [0.15, 0.2) is 5.95 Å². The predicted octanol–water partition coefficient (Wildman–Crippen LogP) is 4.57. The van der Waals surface area contributed by atoms with Crippen LogP contribution in [0.1, 0.15) is 35.4 Å². The standard InChI is InChI=1S/C20H20N4O/c1-11(14-7-5-4-6-8-14)16-9-15(18-12(2)24-25-13(18)3)10-17-19(16)23-20(21)22-17/h4-11H,1-3H3,(H3,21,22,23)/t11-/m1/s1. The van der Waals surface area contributed by atoms with Gasteiger partial charge in [-0.3, -0.25) is 0 Å².